The molecule has 17 heavy (non-hydrogen) atoms. The predicted molar refractivity (Wildman–Crippen MR) is 73.6 cm³/mol. The van der Waals surface area contributed by atoms with Gasteiger partial charge in [0.25, 0.3) is 0 Å². The Morgan fingerprint density at radius 2 is 2.18 bits per heavy atom. The fourth-order valence-electron chi connectivity index (χ4n) is 1.67. The van der Waals surface area contributed by atoms with E-state index in [0.29, 0.717) is 6.54 Å². The summed E-state index contributed by atoms with van der Waals surface area (Å²) in [5, 5.41) is 8.95. The van der Waals surface area contributed by atoms with Crippen LogP contribution in [0.15, 0.2) is 22.7 Å². The molecule has 0 amide bonds. The first kappa shape index (κ1) is 14.0. The summed E-state index contributed by atoms with van der Waals surface area (Å²) < 4.78 is 1.01. The molecule has 0 aliphatic heterocycles. The lowest BCUT2D eigenvalue weighted by Crippen LogP contribution is -2.31. The maximum atomic E-state index is 10.9. The maximum absolute atomic E-state index is 10.9. The summed E-state index contributed by atoms with van der Waals surface area (Å²) in [6.45, 7) is 7.10. The zero-order valence-corrected chi connectivity index (χ0v) is 12.0. The summed E-state index contributed by atoms with van der Waals surface area (Å²) in [5.74, 6) is -1.13. The SMILES string of the molecule is CCN(CC(C)C(=O)O)c1ccc(C)cc1Br. The molecule has 94 valence electrons. The summed E-state index contributed by atoms with van der Waals surface area (Å²) in [7, 11) is 0. The summed E-state index contributed by atoms with van der Waals surface area (Å²) >= 11 is 3.53. The van der Waals surface area contributed by atoms with Crippen LogP contribution in [0.1, 0.15) is 19.4 Å². The Kier molecular flexibility index (Phi) is 5.00. The minimum absolute atomic E-state index is 0.372. The normalized spacial score (nSPS) is 12.2. The van der Waals surface area contributed by atoms with Gasteiger partial charge >= 0.3 is 5.97 Å². The zero-order chi connectivity index (χ0) is 13.0. The van der Waals surface area contributed by atoms with E-state index in [1.165, 1.54) is 5.56 Å². The number of hydrogen-bond donors (Lipinski definition) is 1. The summed E-state index contributed by atoms with van der Waals surface area (Å²) in [6.07, 6.45) is 0. The highest BCUT2D eigenvalue weighted by atomic mass is 79.9. The van der Waals surface area contributed by atoms with Gasteiger partial charge in [-0.2, -0.15) is 0 Å². The lowest BCUT2D eigenvalue weighted by atomic mass is 10.1. The third-order valence-corrected chi connectivity index (χ3v) is 3.38. The van der Waals surface area contributed by atoms with Gasteiger partial charge in [-0.3, -0.25) is 4.79 Å². The number of carbonyl (C=O) groups is 1. The van der Waals surface area contributed by atoms with Gasteiger partial charge in [-0.25, -0.2) is 0 Å². The molecule has 1 aromatic rings. The van der Waals surface area contributed by atoms with Gasteiger partial charge in [0.1, 0.15) is 0 Å². The first-order valence-corrected chi connectivity index (χ1v) is 6.49. The Morgan fingerprint density at radius 1 is 1.53 bits per heavy atom. The Hall–Kier alpha value is -1.03. The molecule has 1 N–H and O–H groups in total. The lowest BCUT2D eigenvalue weighted by molar-refractivity contribution is -0.140. The van der Waals surface area contributed by atoms with Crippen molar-refractivity contribution in [1.29, 1.82) is 0 Å². The van der Waals surface area contributed by atoms with Crippen molar-refractivity contribution in [1.82, 2.24) is 0 Å². The molecule has 1 atom stereocenters. The van der Waals surface area contributed by atoms with Crippen LogP contribution in [-0.2, 0) is 4.79 Å². The zero-order valence-electron chi connectivity index (χ0n) is 10.4. The summed E-state index contributed by atoms with van der Waals surface area (Å²) in [5.41, 5.74) is 2.23. The molecule has 0 bridgehead atoms. The number of hydrogen-bond acceptors (Lipinski definition) is 2. The van der Waals surface area contributed by atoms with Crippen LogP contribution in [0.4, 0.5) is 5.69 Å². The molecule has 1 aromatic carbocycles. The average molecular weight is 300 g/mol. The van der Waals surface area contributed by atoms with Crippen LogP contribution >= 0.6 is 15.9 Å². The smallest absolute Gasteiger partial charge is 0.308 e. The van der Waals surface area contributed by atoms with E-state index in [4.69, 9.17) is 5.11 Å². The molecule has 0 saturated heterocycles. The number of rotatable bonds is 5. The second kappa shape index (κ2) is 6.05. The molecular formula is C13H18BrNO2. The van der Waals surface area contributed by atoms with E-state index in [-0.39, 0.29) is 5.92 Å². The lowest BCUT2D eigenvalue weighted by Gasteiger charge is -2.26. The first-order valence-electron chi connectivity index (χ1n) is 5.69. The minimum Gasteiger partial charge on any atom is -0.481 e. The molecule has 0 fully saturated rings. The van der Waals surface area contributed by atoms with E-state index in [2.05, 4.69) is 20.8 Å². The van der Waals surface area contributed by atoms with E-state index < -0.39 is 5.97 Å². The minimum atomic E-state index is -0.758. The highest BCUT2D eigenvalue weighted by molar-refractivity contribution is 9.10. The largest absolute Gasteiger partial charge is 0.481 e. The fraction of sp³-hybridized carbons (Fsp3) is 0.462. The quantitative estimate of drug-likeness (QED) is 0.907. The van der Waals surface area contributed by atoms with Crippen molar-refractivity contribution in [3.05, 3.63) is 28.2 Å². The highest BCUT2D eigenvalue weighted by Gasteiger charge is 2.16. The molecule has 0 heterocycles. The van der Waals surface area contributed by atoms with Gasteiger partial charge in [-0.1, -0.05) is 13.0 Å². The van der Waals surface area contributed by atoms with Crippen LogP contribution in [0.5, 0.6) is 0 Å². The Labute approximate surface area is 111 Å². The Bertz CT molecular complexity index is 406. The van der Waals surface area contributed by atoms with Crippen molar-refractivity contribution in [3.63, 3.8) is 0 Å². The van der Waals surface area contributed by atoms with Crippen LogP contribution in [0.25, 0.3) is 0 Å². The average Bonchev–Trinajstić information content (AvgIpc) is 2.26. The Morgan fingerprint density at radius 3 is 2.65 bits per heavy atom. The van der Waals surface area contributed by atoms with Crippen molar-refractivity contribution in [2.45, 2.75) is 20.8 Å². The van der Waals surface area contributed by atoms with Crippen LogP contribution < -0.4 is 4.90 Å². The number of benzene rings is 1. The van der Waals surface area contributed by atoms with E-state index >= 15 is 0 Å². The molecule has 0 saturated carbocycles. The molecule has 3 nitrogen and oxygen atoms in total. The maximum Gasteiger partial charge on any atom is 0.308 e. The summed E-state index contributed by atoms with van der Waals surface area (Å²) in [4.78, 5) is 13.0. The molecule has 0 radical (unpaired) electrons. The fourth-order valence-corrected chi connectivity index (χ4v) is 2.42. The molecule has 1 rings (SSSR count). The van der Waals surface area contributed by atoms with Crippen molar-refractivity contribution >= 4 is 27.6 Å². The molecular weight excluding hydrogens is 282 g/mol. The van der Waals surface area contributed by atoms with Gasteiger partial charge in [0, 0.05) is 17.6 Å². The van der Waals surface area contributed by atoms with Gasteiger partial charge in [-0.15, -0.1) is 0 Å². The number of aliphatic carboxylic acids is 1. The topological polar surface area (TPSA) is 40.5 Å². The number of aryl methyl sites for hydroxylation is 1. The van der Waals surface area contributed by atoms with Crippen molar-refractivity contribution in [2.24, 2.45) is 5.92 Å². The van der Waals surface area contributed by atoms with Crippen LogP contribution in [0, 0.1) is 12.8 Å². The monoisotopic (exact) mass is 299 g/mol. The second-order valence-electron chi connectivity index (χ2n) is 4.23. The van der Waals surface area contributed by atoms with Gasteiger partial charge in [0.15, 0.2) is 0 Å². The van der Waals surface area contributed by atoms with Crippen molar-refractivity contribution < 1.29 is 9.90 Å². The highest BCUT2D eigenvalue weighted by Crippen LogP contribution is 2.27. The third-order valence-electron chi connectivity index (χ3n) is 2.74. The van der Waals surface area contributed by atoms with Gasteiger partial charge in [0.05, 0.1) is 11.6 Å². The molecule has 0 aromatic heterocycles. The van der Waals surface area contributed by atoms with Crippen LogP contribution in [0.2, 0.25) is 0 Å². The standard InChI is InChI=1S/C13H18BrNO2/c1-4-15(8-10(3)13(16)17)12-6-5-9(2)7-11(12)14/h5-7,10H,4,8H2,1-3H3,(H,16,17). The Balaban J connectivity index is 2.90. The van der Waals surface area contributed by atoms with Gasteiger partial charge < -0.3 is 10.0 Å². The number of carboxylic acid groups (broad SMARTS) is 1. The van der Waals surface area contributed by atoms with E-state index in [1.54, 1.807) is 6.92 Å². The molecule has 1 unspecified atom stereocenters. The molecule has 0 spiro atoms. The molecule has 0 aliphatic rings. The number of halogens is 1. The first-order chi connectivity index (χ1) is 7.95. The van der Waals surface area contributed by atoms with E-state index in [9.17, 15) is 4.79 Å². The van der Waals surface area contributed by atoms with Crippen molar-refractivity contribution in [2.75, 3.05) is 18.0 Å². The van der Waals surface area contributed by atoms with E-state index in [1.807, 2.05) is 32.0 Å². The third kappa shape index (κ3) is 3.73. The van der Waals surface area contributed by atoms with Crippen LogP contribution in [0.3, 0.4) is 0 Å². The second-order valence-corrected chi connectivity index (χ2v) is 5.09. The van der Waals surface area contributed by atoms with Crippen LogP contribution in [-0.4, -0.2) is 24.2 Å². The van der Waals surface area contributed by atoms with Gasteiger partial charge in [-0.05, 0) is 47.5 Å². The van der Waals surface area contributed by atoms with Gasteiger partial charge in [0.2, 0.25) is 0 Å². The number of anilines is 1. The summed E-state index contributed by atoms with van der Waals surface area (Å²) in [6, 6.07) is 6.11. The molecule has 4 heteroatoms. The predicted octanol–water partition coefficient (Wildman–Crippen LogP) is 3.30. The number of carboxylic acids is 1. The van der Waals surface area contributed by atoms with Crippen molar-refractivity contribution in [3.8, 4) is 0 Å². The number of nitrogens with zero attached hydrogens (tertiary/aromatic N) is 1. The van der Waals surface area contributed by atoms with E-state index in [0.717, 1.165) is 16.7 Å². The molecule has 0 aliphatic carbocycles.